The van der Waals surface area contributed by atoms with Crippen molar-refractivity contribution < 1.29 is 0 Å². The SMILES string of the molecule is CC1CN(c2cc(Cl)ccc2C(N)=S)CC(C)N1C. The Hall–Kier alpha value is -0.840. The van der Waals surface area contributed by atoms with Crippen LogP contribution in [0, 0.1) is 0 Å². The molecule has 2 N–H and O–H groups in total. The van der Waals surface area contributed by atoms with Crippen LogP contribution in [-0.4, -0.2) is 42.1 Å². The molecule has 2 unspecified atom stereocenters. The van der Waals surface area contributed by atoms with Crippen LogP contribution in [0.1, 0.15) is 19.4 Å². The summed E-state index contributed by atoms with van der Waals surface area (Å²) < 4.78 is 0. The predicted molar refractivity (Wildman–Crippen MR) is 86.2 cm³/mol. The first kappa shape index (κ1) is 14.6. The van der Waals surface area contributed by atoms with E-state index in [2.05, 4.69) is 30.7 Å². The van der Waals surface area contributed by atoms with Gasteiger partial charge in [0.15, 0.2) is 0 Å². The standard InChI is InChI=1S/C14H20ClN3S/c1-9-7-18(8-10(2)17(9)3)13-6-11(15)4-5-12(13)14(16)19/h4-6,9-10H,7-8H2,1-3H3,(H2,16,19). The van der Waals surface area contributed by atoms with Crippen LogP contribution >= 0.6 is 23.8 Å². The Bertz CT molecular complexity index is 480. The number of rotatable bonds is 2. The fourth-order valence-corrected chi connectivity index (χ4v) is 2.91. The number of nitrogens with two attached hydrogens (primary N) is 1. The molecule has 1 fully saturated rings. The van der Waals surface area contributed by atoms with Gasteiger partial charge in [-0.1, -0.05) is 23.8 Å². The normalized spacial score (nSPS) is 24.5. The zero-order chi connectivity index (χ0) is 14.2. The molecule has 2 rings (SSSR count). The lowest BCUT2D eigenvalue weighted by Crippen LogP contribution is -2.55. The smallest absolute Gasteiger partial charge is 0.106 e. The van der Waals surface area contributed by atoms with Crippen molar-refractivity contribution in [2.75, 3.05) is 25.0 Å². The molecule has 0 aromatic heterocycles. The van der Waals surface area contributed by atoms with Crippen LogP contribution in [0.3, 0.4) is 0 Å². The van der Waals surface area contributed by atoms with Gasteiger partial charge in [0.2, 0.25) is 0 Å². The van der Waals surface area contributed by atoms with Crippen molar-refractivity contribution in [1.29, 1.82) is 0 Å². The lowest BCUT2D eigenvalue weighted by Gasteiger charge is -2.44. The lowest BCUT2D eigenvalue weighted by molar-refractivity contribution is 0.170. The number of thiocarbonyl (C=S) groups is 1. The molecule has 1 aliphatic heterocycles. The highest BCUT2D eigenvalue weighted by molar-refractivity contribution is 7.80. The van der Waals surface area contributed by atoms with Crippen LogP contribution < -0.4 is 10.6 Å². The molecule has 5 heteroatoms. The molecule has 0 spiro atoms. The topological polar surface area (TPSA) is 32.5 Å². The maximum absolute atomic E-state index is 6.12. The molecular formula is C14H20ClN3S. The Balaban J connectivity index is 2.36. The molecule has 0 radical (unpaired) electrons. The van der Waals surface area contributed by atoms with Gasteiger partial charge in [0, 0.05) is 41.4 Å². The number of halogens is 1. The van der Waals surface area contributed by atoms with Gasteiger partial charge in [-0.05, 0) is 39.1 Å². The Kier molecular flexibility index (Phi) is 4.33. The summed E-state index contributed by atoms with van der Waals surface area (Å²) in [6.07, 6.45) is 0. The van der Waals surface area contributed by atoms with Gasteiger partial charge >= 0.3 is 0 Å². The Morgan fingerprint density at radius 1 is 1.32 bits per heavy atom. The molecule has 1 aromatic carbocycles. The van der Waals surface area contributed by atoms with Crippen LogP contribution in [0.2, 0.25) is 5.02 Å². The number of likely N-dealkylation sites (N-methyl/N-ethyl adjacent to an activating group) is 1. The average molecular weight is 298 g/mol. The number of nitrogens with zero attached hydrogens (tertiary/aromatic N) is 2. The van der Waals surface area contributed by atoms with Gasteiger partial charge in [0.1, 0.15) is 4.99 Å². The first-order valence-corrected chi connectivity index (χ1v) is 7.25. The van der Waals surface area contributed by atoms with Gasteiger partial charge in [-0.2, -0.15) is 0 Å². The largest absolute Gasteiger partial charge is 0.389 e. The van der Waals surface area contributed by atoms with Gasteiger partial charge < -0.3 is 10.6 Å². The first-order valence-electron chi connectivity index (χ1n) is 6.46. The van der Waals surface area contributed by atoms with E-state index >= 15 is 0 Å². The molecule has 1 saturated heterocycles. The van der Waals surface area contributed by atoms with E-state index in [4.69, 9.17) is 29.6 Å². The summed E-state index contributed by atoms with van der Waals surface area (Å²) in [5.41, 5.74) is 7.77. The van der Waals surface area contributed by atoms with Crippen molar-refractivity contribution in [1.82, 2.24) is 4.90 Å². The molecule has 19 heavy (non-hydrogen) atoms. The highest BCUT2D eigenvalue weighted by Crippen LogP contribution is 2.28. The number of benzene rings is 1. The van der Waals surface area contributed by atoms with E-state index in [1.54, 1.807) is 0 Å². The van der Waals surface area contributed by atoms with Crippen molar-refractivity contribution in [3.8, 4) is 0 Å². The van der Waals surface area contributed by atoms with Gasteiger partial charge in [-0.3, -0.25) is 4.90 Å². The second-order valence-corrected chi connectivity index (χ2v) is 6.17. The van der Waals surface area contributed by atoms with Crippen molar-refractivity contribution in [3.63, 3.8) is 0 Å². The number of piperazine rings is 1. The summed E-state index contributed by atoms with van der Waals surface area (Å²) in [5.74, 6) is 0. The summed E-state index contributed by atoms with van der Waals surface area (Å²) in [4.78, 5) is 5.14. The fraction of sp³-hybridized carbons (Fsp3) is 0.500. The monoisotopic (exact) mass is 297 g/mol. The first-order chi connectivity index (χ1) is 8.90. The van der Waals surface area contributed by atoms with Gasteiger partial charge in [-0.15, -0.1) is 0 Å². The van der Waals surface area contributed by atoms with Crippen LogP contribution in [-0.2, 0) is 0 Å². The molecule has 0 saturated carbocycles. The maximum Gasteiger partial charge on any atom is 0.106 e. The van der Waals surface area contributed by atoms with Crippen LogP contribution in [0.5, 0.6) is 0 Å². The Morgan fingerprint density at radius 2 is 1.89 bits per heavy atom. The van der Waals surface area contributed by atoms with E-state index in [0.717, 1.165) is 24.3 Å². The van der Waals surface area contributed by atoms with E-state index in [9.17, 15) is 0 Å². The van der Waals surface area contributed by atoms with E-state index in [1.165, 1.54) is 0 Å². The predicted octanol–water partition coefficient (Wildman–Crippen LogP) is 2.50. The molecule has 1 aliphatic rings. The maximum atomic E-state index is 6.12. The molecule has 1 heterocycles. The lowest BCUT2D eigenvalue weighted by atomic mass is 10.1. The summed E-state index contributed by atoms with van der Waals surface area (Å²) in [6.45, 7) is 6.37. The molecule has 3 nitrogen and oxygen atoms in total. The van der Waals surface area contributed by atoms with Crippen molar-refractivity contribution in [3.05, 3.63) is 28.8 Å². The van der Waals surface area contributed by atoms with Crippen molar-refractivity contribution >= 4 is 34.5 Å². The minimum Gasteiger partial charge on any atom is -0.389 e. The molecule has 0 aliphatic carbocycles. The van der Waals surface area contributed by atoms with E-state index < -0.39 is 0 Å². The van der Waals surface area contributed by atoms with Gasteiger partial charge in [0.25, 0.3) is 0 Å². The zero-order valence-corrected chi connectivity index (χ0v) is 13.1. The fourth-order valence-electron chi connectivity index (χ4n) is 2.58. The highest BCUT2D eigenvalue weighted by Gasteiger charge is 2.28. The highest BCUT2D eigenvalue weighted by atomic mass is 35.5. The van der Waals surface area contributed by atoms with Crippen molar-refractivity contribution in [2.45, 2.75) is 25.9 Å². The number of anilines is 1. The minimum atomic E-state index is 0.422. The Morgan fingerprint density at radius 3 is 2.42 bits per heavy atom. The van der Waals surface area contributed by atoms with E-state index in [1.807, 2.05) is 18.2 Å². The molecule has 0 bridgehead atoms. The average Bonchev–Trinajstić information content (AvgIpc) is 2.34. The molecule has 2 atom stereocenters. The second-order valence-electron chi connectivity index (χ2n) is 5.29. The third kappa shape index (κ3) is 3.02. The van der Waals surface area contributed by atoms with E-state index in [0.29, 0.717) is 22.1 Å². The van der Waals surface area contributed by atoms with Crippen molar-refractivity contribution in [2.24, 2.45) is 5.73 Å². The van der Waals surface area contributed by atoms with Crippen LogP contribution in [0.25, 0.3) is 0 Å². The van der Waals surface area contributed by atoms with Gasteiger partial charge in [-0.25, -0.2) is 0 Å². The van der Waals surface area contributed by atoms with Crippen LogP contribution in [0.4, 0.5) is 5.69 Å². The summed E-state index contributed by atoms with van der Waals surface area (Å²) in [7, 11) is 2.17. The molecule has 1 aromatic rings. The third-order valence-corrected chi connectivity index (χ3v) is 4.38. The van der Waals surface area contributed by atoms with E-state index in [-0.39, 0.29) is 0 Å². The summed E-state index contributed by atoms with van der Waals surface area (Å²) >= 11 is 11.3. The van der Waals surface area contributed by atoms with Gasteiger partial charge in [0.05, 0.1) is 0 Å². The quantitative estimate of drug-likeness (QED) is 0.850. The summed E-state index contributed by atoms with van der Waals surface area (Å²) in [5, 5.41) is 0.717. The summed E-state index contributed by atoms with van der Waals surface area (Å²) in [6, 6.07) is 6.68. The molecule has 104 valence electrons. The minimum absolute atomic E-state index is 0.422. The van der Waals surface area contributed by atoms with Crippen LogP contribution in [0.15, 0.2) is 18.2 Å². The third-order valence-electron chi connectivity index (χ3n) is 3.93. The molecule has 0 amide bonds. The number of hydrogen-bond acceptors (Lipinski definition) is 3. The molecular weight excluding hydrogens is 278 g/mol. The zero-order valence-electron chi connectivity index (χ0n) is 11.6. The number of hydrogen-bond donors (Lipinski definition) is 1. The second kappa shape index (κ2) is 5.65. The Labute approximate surface area is 125 Å².